The Kier molecular flexibility index (Phi) is 6.87. The second-order valence-corrected chi connectivity index (χ2v) is 7.63. The minimum Gasteiger partial charge on any atom is -0.384 e. The van der Waals surface area contributed by atoms with Crippen LogP contribution in [0.15, 0.2) is 42.6 Å². The summed E-state index contributed by atoms with van der Waals surface area (Å²) in [4.78, 5) is 23.5. The lowest BCUT2D eigenvalue weighted by molar-refractivity contribution is 0.0741. The van der Waals surface area contributed by atoms with Crippen LogP contribution in [-0.2, 0) is 0 Å². The number of piperazine rings is 1. The number of hydrogen-bond acceptors (Lipinski definition) is 5. The third-order valence-corrected chi connectivity index (χ3v) is 5.03. The molecular formula is C22H31N5O. The number of aromatic nitrogens is 1. The van der Waals surface area contributed by atoms with E-state index >= 15 is 0 Å². The van der Waals surface area contributed by atoms with E-state index in [2.05, 4.69) is 65.4 Å². The monoisotopic (exact) mass is 381 g/mol. The Bertz CT molecular complexity index is 767. The Hall–Kier alpha value is -2.60. The van der Waals surface area contributed by atoms with Gasteiger partial charge in [-0.25, -0.2) is 4.98 Å². The zero-order chi connectivity index (χ0) is 19.9. The van der Waals surface area contributed by atoms with Gasteiger partial charge in [0.1, 0.15) is 5.69 Å². The van der Waals surface area contributed by atoms with Crippen LogP contribution in [0, 0.1) is 6.92 Å². The quantitative estimate of drug-likeness (QED) is 0.748. The molecule has 0 bridgehead atoms. The highest BCUT2D eigenvalue weighted by molar-refractivity contribution is 5.92. The molecule has 150 valence electrons. The largest absolute Gasteiger partial charge is 0.384 e. The molecule has 28 heavy (non-hydrogen) atoms. The fourth-order valence-electron chi connectivity index (χ4n) is 3.41. The van der Waals surface area contributed by atoms with E-state index in [1.54, 1.807) is 6.20 Å². The number of nitrogens with zero attached hydrogens (tertiary/aromatic N) is 4. The molecule has 0 unspecified atom stereocenters. The molecular weight excluding hydrogens is 350 g/mol. The molecule has 0 atom stereocenters. The average molecular weight is 382 g/mol. The zero-order valence-electron chi connectivity index (χ0n) is 17.2. The van der Waals surface area contributed by atoms with E-state index in [4.69, 9.17) is 0 Å². The lowest BCUT2D eigenvalue weighted by atomic mass is 10.2. The van der Waals surface area contributed by atoms with E-state index < -0.39 is 0 Å². The second-order valence-electron chi connectivity index (χ2n) is 7.63. The van der Waals surface area contributed by atoms with Gasteiger partial charge in [-0.05, 0) is 63.8 Å². The second kappa shape index (κ2) is 9.55. The Morgan fingerprint density at radius 3 is 2.57 bits per heavy atom. The molecule has 1 aromatic heterocycles. The lowest BCUT2D eigenvalue weighted by Gasteiger charge is -2.36. The first-order chi connectivity index (χ1) is 13.5. The van der Waals surface area contributed by atoms with Gasteiger partial charge in [0.2, 0.25) is 0 Å². The van der Waals surface area contributed by atoms with Gasteiger partial charge in [-0.2, -0.15) is 0 Å². The van der Waals surface area contributed by atoms with Gasteiger partial charge in [-0.3, -0.25) is 4.79 Å². The summed E-state index contributed by atoms with van der Waals surface area (Å²) in [6, 6.07) is 12.3. The third kappa shape index (κ3) is 5.45. The molecule has 2 heterocycles. The summed E-state index contributed by atoms with van der Waals surface area (Å²) in [5.74, 6) is 0.0167. The number of aryl methyl sites for hydroxylation is 1. The summed E-state index contributed by atoms with van der Waals surface area (Å²) < 4.78 is 0. The van der Waals surface area contributed by atoms with Crippen molar-refractivity contribution in [2.24, 2.45) is 0 Å². The number of carbonyl (C=O) groups excluding carboxylic acids is 1. The molecule has 0 spiro atoms. The minimum absolute atomic E-state index is 0.0167. The predicted molar refractivity (Wildman–Crippen MR) is 115 cm³/mol. The highest BCUT2D eigenvalue weighted by Crippen LogP contribution is 2.18. The van der Waals surface area contributed by atoms with Crippen molar-refractivity contribution in [1.29, 1.82) is 0 Å². The summed E-state index contributed by atoms with van der Waals surface area (Å²) in [6.45, 7) is 7.19. The number of amides is 1. The maximum absolute atomic E-state index is 12.8. The van der Waals surface area contributed by atoms with Crippen LogP contribution in [0.4, 0.5) is 11.4 Å². The number of hydrogen-bond donors (Lipinski definition) is 1. The van der Waals surface area contributed by atoms with Gasteiger partial charge in [-0.15, -0.1) is 0 Å². The average Bonchev–Trinajstić information content (AvgIpc) is 2.71. The molecule has 1 aliphatic rings. The van der Waals surface area contributed by atoms with Crippen LogP contribution >= 0.6 is 0 Å². The van der Waals surface area contributed by atoms with Crippen molar-refractivity contribution in [3.05, 3.63) is 53.9 Å². The molecule has 0 radical (unpaired) electrons. The van der Waals surface area contributed by atoms with Gasteiger partial charge in [0.05, 0.1) is 11.9 Å². The molecule has 0 aliphatic carbocycles. The fourth-order valence-corrected chi connectivity index (χ4v) is 3.41. The summed E-state index contributed by atoms with van der Waals surface area (Å²) in [5.41, 5.74) is 3.97. The van der Waals surface area contributed by atoms with E-state index in [9.17, 15) is 4.79 Å². The fraction of sp³-hybridized carbons (Fsp3) is 0.455. The highest BCUT2D eigenvalue weighted by Gasteiger charge is 2.23. The highest BCUT2D eigenvalue weighted by atomic mass is 16.2. The van der Waals surface area contributed by atoms with E-state index in [0.29, 0.717) is 5.69 Å². The summed E-state index contributed by atoms with van der Waals surface area (Å²) in [7, 11) is 4.14. The van der Waals surface area contributed by atoms with Crippen LogP contribution in [0.3, 0.4) is 0 Å². The molecule has 3 rings (SSSR count). The van der Waals surface area contributed by atoms with E-state index in [1.165, 1.54) is 11.3 Å². The lowest BCUT2D eigenvalue weighted by Crippen LogP contribution is -2.49. The molecule has 1 amide bonds. The maximum atomic E-state index is 12.8. The molecule has 2 aromatic rings. The molecule has 1 aliphatic heterocycles. The maximum Gasteiger partial charge on any atom is 0.272 e. The molecule has 6 heteroatoms. The summed E-state index contributed by atoms with van der Waals surface area (Å²) >= 11 is 0. The normalized spacial score (nSPS) is 14.4. The number of carbonyl (C=O) groups is 1. The van der Waals surface area contributed by atoms with Crippen molar-refractivity contribution in [3.63, 3.8) is 0 Å². The van der Waals surface area contributed by atoms with Gasteiger partial charge in [0.25, 0.3) is 5.91 Å². The van der Waals surface area contributed by atoms with Crippen LogP contribution in [-0.4, -0.2) is 74.1 Å². The van der Waals surface area contributed by atoms with Gasteiger partial charge in [0, 0.05) is 38.4 Å². The number of nitrogens with one attached hydrogen (secondary N) is 1. The van der Waals surface area contributed by atoms with Gasteiger partial charge in [0.15, 0.2) is 0 Å². The molecule has 1 saturated heterocycles. The topological polar surface area (TPSA) is 51.7 Å². The van der Waals surface area contributed by atoms with Crippen molar-refractivity contribution in [1.82, 2.24) is 14.8 Å². The molecule has 1 N–H and O–H groups in total. The van der Waals surface area contributed by atoms with Gasteiger partial charge in [-0.1, -0.05) is 12.1 Å². The van der Waals surface area contributed by atoms with Crippen LogP contribution in [0.5, 0.6) is 0 Å². The smallest absolute Gasteiger partial charge is 0.272 e. The van der Waals surface area contributed by atoms with E-state index in [0.717, 1.165) is 51.4 Å². The van der Waals surface area contributed by atoms with E-state index in [-0.39, 0.29) is 5.91 Å². The first-order valence-electron chi connectivity index (χ1n) is 9.98. The Labute approximate surface area is 168 Å². The van der Waals surface area contributed by atoms with Crippen molar-refractivity contribution in [2.45, 2.75) is 13.3 Å². The molecule has 1 fully saturated rings. The first kappa shape index (κ1) is 20.1. The van der Waals surface area contributed by atoms with Crippen molar-refractivity contribution in [3.8, 4) is 0 Å². The Balaban J connectivity index is 1.49. The van der Waals surface area contributed by atoms with Gasteiger partial charge >= 0.3 is 0 Å². The molecule has 0 saturated carbocycles. The number of pyridine rings is 1. The molecule has 6 nitrogen and oxygen atoms in total. The Morgan fingerprint density at radius 1 is 1.14 bits per heavy atom. The SMILES string of the molecule is Cc1cccc(N2CCN(C(=O)c3ccc(NCCCN(C)C)cn3)CC2)c1. The number of rotatable bonds is 7. The van der Waals surface area contributed by atoms with Gasteiger partial charge < -0.3 is 20.0 Å². The summed E-state index contributed by atoms with van der Waals surface area (Å²) in [5, 5.41) is 3.35. The van der Waals surface area contributed by atoms with Crippen LogP contribution < -0.4 is 10.2 Å². The molecule has 1 aromatic carbocycles. The van der Waals surface area contributed by atoms with Crippen molar-refractivity contribution in [2.75, 3.05) is 63.6 Å². The van der Waals surface area contributed by atoms with Crippen molar-refractivity contribution < 1.29 is 4.79 Å². The van der Waals surface area contributed by atoms with Crippen LogP contribution in [0.25, 0.3) is 0 Å². The standard InChI is InChI=1S/C22H31N5O/c1-18-6-4-7-20(16-18)26-12-14-27(15-13-26)22(28)21-9-8-19(17-24-21)23-10-5-11-25(2)3/h4,6-9,16-17,23H,5,10-15H2,1-3H3. The van der Waals surface area contributed by atoms with Crippen molar-refractivity contribution >= 4 is 17.3 Å². The number of anilines is 2. The van der Waals surface area contributed by atoms with Crippen LogP contribution in [0.2, 0.25) is 0 Å². The Morgan fingerprint density at radius 2 is 1.93 bits per heavy atom. The zero-order valence-corrected chi connectivity index (χ0v) is 17.2. The minimum atomic E-state index is 0.0167. The van der Waals surface area contributed by atoms with Crippen LogP contribution in [0.1, 0.15) is 22.5 Å². The third-order valence-electron chi connectivity index (χ3n) is 5.03. The summed E-state index contributed by atoms with van der Waals surface area (Å²) in [6.07, 6.45) is 2.82. The predicted octanol–water partition coefficient (Wildman–Crippen LogP) is 2.72. The van der Waals surface area contributed by atoms with E-state index in [1.807, 2.05) is 17.0 Å². The number of benzene rings is 1. The first-order valence-corrected chi connectivity index (χ1v) is 9.98.